The molecule has 0 aliphatic carbocycles. The minimum atomic E-state index is 0.822. The number of nitrogens with zero attached hydrogens (tertiary/aromatic N) is 4. The maximum Gasteiger partial charge on any atom is 0.169 e. The molecule has 1 N–H and O–H groups in total. The van der Waals surface area contributed by atoms with E-state index in [-0.39, 0.29) is 0 Å². The first kappa shape index (κ1) is 11.6. The molecule has 19 heavy (non-hydrogen) atoms. The third-order valence-corrected chi connectivity index (χ3v) is 3.12. The van der Waals surface area contributed by atoms with Crippen molar-refractivity contribution in [1.29, 1.82) is 0 Å². The minimum absolute atomic E-state index is 0.822. The topological polar surface area (TPSA) is 55.1 Å². The van der Waals surface area contributed by atoms with Crippen molar-refractivity contribution in [2.75, 3.05) is 12.4 Å². The molecule has 1 aromatic carbocycles. The van der Waals surface area contributed by atoms with E-state index >= 15 is 0 Å². The molecule has 5 heteroatoms. The Bertz CT molecular complexity index is 727. The van der Waals surface area contributed by atoms with Crippen LogP contribution in [0.4, 0.5) is 5.69 Å². The number of anilines is 1. The van der Waals surface area contributed by atoms with Crippen molar-refractivity contribution in [3.63, 3.8) is 0 Å². The summed E-state index contributed by atoms with van der Waals surface area (Å²) in [4.78, 5) is 4.46. The standard InChI is InChI=1S/C14H15N5/c1-9-8-13-17-18-14(19(13)10(2)16-9)11-4-6-12(15-3)7-5-11/h4-8,15H,1-3H3. The lowest BCUT2D eigenvalue weighted by Gasteiger charge is -2.05. The van der Waals surface area contributed by atoms with Gasteiger partial charge in [0.2, 0.25) is 0 Å². The Morgan fingerprint density at radius 3 is 2.47 bits per heavy atom. The molecule has 3 rings (SSSR count). The molecule has 0 amide bonds. The fourth-order valence-electron chi connectivity index (χ4n) is 2.21. The van der Waals surface area contributed by atoms with Gasteiger partial charge >= 0.3 is 0 Å². The van der Waals surface area contributed by atoms with Crippen LogP contribution in [0.15, 0.2) is 30.3 Å². The predicted octanol–water partition coefficient (Wildman–Crippen LogP) is 2.45. The zero-order valence-electron chi connectivity index (χ0n) is 11.2. The second-order valence-electron chi connectivity index (χ2n) is 4.49. The van der Waals surface area contributed by atoms with Crippen molar-refractivity contribution in [3.8, 4) is 11.4 Å². The van der Waals surface area contributed by atoms with Crippen LogP contribution < -0.4 is 5.32 Å². The lowest BCUT2D eigenvalue weighted by molar-refractivity contribution is 0.962. The number of aromatic nitrogens is 4. The third-order valence-electron chi connectivity index (χ3n) is 3.12. The summed E-state index contributed by atoms with van der Waals surface area (Å²) < 4.78 is 1.97. The second kappa shape index (κ2) is 4.35. The van der Waals surface area contributed by atoms with Crippen LogP contribution in [0.2, 0.25) is 0 Å². The van der Waals surface area contributed by atoms with E-state index in [9.17, 15) is 0 Å². The molecule has 5 nitrogen and oxygen atoms in total. The van der Waals surface area contributed by atoms with Crippen LogP contribution in [0.1, 0.15) is 11.5 Å². The van der Waals surface area contributed by atoms with Crippen LogP contribution in [0, 0.1) is 13.8 Å². The number of fused-ring (bicyclic) bond motifs is 1. The Morgan fingerprint density at radius 1 is 1.05 bits per heavy atom. The molecular weight excluding hydrogens is 238 g/mol. The van der Waals surface area contributed by atoms with Gasteiger partial charge in [-0.25, -0.2) is 4.98 Å². The zero-order valence-corrected chi connectivity index (χ0v) is 11.2. The largest absolute Gasteiger partial charge is 0.388 e. The number of aryl methyl sites for hydroxylation is 2. The quantitative estimate of drug-likeness (QED) is 0.762. The smallest absolute Gasteiger partial charge is 0.169 e. The van der Waals surface area contributed by atoms with E-state index in [1.165, 1.54) is 0 Å². The van der Waals surface area contributed by atoms with E-state index in [2.05, 4.69) is 20.5 Å². The van der Waals surface area contributed by atoms with Gasteiger partial charge in [0.25, 0.3) is 0 Å². The maximum absolute atomic E-state index is 4.46. The number of rotatable bonds is 2. The van der Waals surface area contributed by atoms with Gasteiger partial charge in [0, 0.05) is 30.1 Å². The Morgan fingerprint density at radius 2 is 1.79 bits per heavy atom. The summed E-state index contributed by atoms with van der Waals surface area (Å²) in [6, 6.07) is 10.0. The molecule has 0 fully saturated rings. The third kappa shape index (κ3) is 1.93. The molecule has 0 spiro atoms. The van der Waals surface area contributed by atoms with Gasteiger partial charge in [-0.3, -0.25) is 4.40 Å². The van der Waals surface area contributed by atoms with Gasteiger partial charge in [-0.05, 0) is 38.1 Å². The molecule has 0 radical (unpaired) electrons. The van der Waals surface area contributed by atoms with Crippen molar-refractivity contribution in [2.45, 2.75) is 13.8 Å². The van der Waals surface area contributed by atoms with Crippen LogP contribution in [0.25, 0.3) is 17.0 Å². The first-order chi connectivity index (χ1) is 9.19. The number of hydrogen-bond acceptors (Lipinski definition) is 4. The van der Waals surface area contributed by atoms with E-state index in [1.807, 2.05) is 55.6 Å². The van der Waals surface area contributed by atoms with Gasteiger partial charge in [-0.2, -0.15) is 0 Å². The van der Waals surface area contributed by atoms with Gasteiger partial charge < -0.3 is 5.32 Å². The van der Waals surface area contributed by atoms with Crippen LogP contribution >= 0.6 is 0 Å². The molecular formula is C14H15N5. The zero-order chi connectivity index (χ0) is 13.4. The highest BCUT2D eigenvalue weighted by molar-refractivity contribution is 5.63. The molecule has 2 heterocycles. The summed E-state index contributed by atoms with van der Waals surface area (Å²) in [6.07, 6.45) is 0. The SMILES string of the molecule is CNc1ccc(-c2nnc3cc(C)nc(C)n23)cc1. The van der Waals surface area contributed by atoms with Gasteiger partial charge in [0.15, 0.2) is 11.5 Å². The lowest BCUT2D eigenvalue weighted by Crippen LogP contribution is -1.99. The summed E-state index contributed by atoms with van der Waals surface area (Å²) in [6.45, 7) is 3.93. The van der Waals surface area contributed by atoms with E-state index in [4.69, 9.17) is 0 Å². The van der Waals surface area contributed by atoms with Crippen LogP contribution in [0.3, 0.4) is 0 Å². The summed E-state index contributed by atoms with van der Waals surface area (Å²) in [5.41, 5.74) is 3.88. The van der Waals surface area contributed by atoms with E-state index in [1.54, 1.807) is 0 Å². The number of nitrogens with one attached hydrogen (secondary N) is 1. The summed E-state index contributed by atoms with van der Waals surface area (Å²) in [7, 11) is 1.90. The Kier molecular flexibility index (Phi) is 2.67. The Hall–Kier alpha value is -2.43. The fourth-order valence-corrected chi connectivity index (χ4v) is 2.21. The molecule has 96 valence electrons. The molecule has 0 bridgehead atoms. The monoisotopic (exact) mass is 253 g/mol. The first-order valence-electron chi connectivity index (χ1n) is 6.16. The second-order valence-corrected chi connectivity index (χ2v) is 4.49. The highest BCUT2D eigenvalue weighted by atomic mass is 15.3. The van der Waals surface area contributed by atoms with E-state index in [0.29, 0.717) is 0 Å². The molecule has 0 saturated heterocycles. The fraction of sp³-hybridized carbons (Fsp3) is 0.214. The van der Waals surface area contributed by atoms with Crippen molar-refractivity contribution in [2.24, 2.45) is 0 Å². The highest BCUT2D eigenvalue weighted by Crippen LogP contribution is 2.21. The average Bonchev–Trinajstić information content (AvgIpc) is 2.83. The predicted molar refractivity (Wildman–Crippen MR) is 75.2 cm³/mol. The summed E-state index contributed by atoms with van der Waals surface area (Å²) in [5, 5.41) is 11.6. The lowest BCUT2D eigenvalue weighted by atomic mass is 10.2. The van der Waals surface area contributed by atoms with E-state index < -0.39 is 0 Å². The molecule has 0 unspecified atom stereocenters. The minimum Gasteiger partial charge on any atom is -0.388 e. The van der Waals surface area contributed by atoms with Crippen molar-refractivity contribution < 1.29 is 0 Å². The molecule has 0 aliphatic heterocycles. The van der Waals surface area contributed by atoms with Crippen LogP contribution in [-0.2, 0) is 0 Å². The average molecular weight is 253 g/mol. The molecule has 2 aromatic heterocycles. The van der Waals surface area contributed by atoms with Crippen LogP contribution in [0.5, 0.6) is 0 Å². The summed E-state index contributed by atoms with van der Waals surface area (Å²) in [5.74, 6) is 1.72. The van der Waals surface area contributed by atoms with Crippen molar-refractivity contribution in [3.05, 3.63) is 41.9 Å². The molecule has 0 aliphatic rings. The van der Waals surface area contributed by atoms with Gasteiger partial charge in [0.1, 0.15) is 5.82 Å². The molecule has 0 saturated carbocycles. The van der Waals surface area contributed by atoms with Crippen molar-refractivity contribution >= 4 is 11.3 Å². The van der Waals surface area contributed by atoms with E-state index in [0.717, 1.165) is 34.2 Å². The highest BCUT2D eigenvalue weighted by Gasteiger charge is 2.11. The maximum atomic E-state index is 4.46. The summed E-state index contributed by atoms with van der Waals surface area (Å²) >= 11 is 0. The number of hydrogen-bond donors (Lipinski definition) is 1. The molecule has 3 aromatic rings. The Labute approximate surface area is 111 Å². The van der Waals surface area contributed by atoms with Gasteiger partial charge in [-0.1, -0.05) is 0 Å². The molecule has 0 atom stereocenters. The Balaban J connectivity index is 2.19. The number of benzene rings is 1. The normalized spacial score (nSPS) is 10.9. The van der Waals surface area contributed by atoms with Crippen molar-refractivity contribution in [1.82, 2.24) is 19.6 Å². The van der Waals surface area contributed by atoms with Gasteiger partial charge in [0.05, 0.1) is 0 Å². The van der Waals surface area contributed by atoms with Gasteiger partial charge in [-0.15, -0.1) is 10.2 Å². The first-order valence-corrected chi connectivity index (χ1v) is 6.16. The van der Waals surface area contributed by atoms with Crippen LogP contribution in [-0.4, -0.2) is 26.6 Å².